The zero-order chi connectivity index (χ0) is 13.9. The van der Waals surface area contributed by atoms with Crippen LogP contribution in [0.4, 0.5) is 5.69 Å². The van der Waals surface area contributed by atoms with Gasteiger partial charge in [-0.05, 0) is 19.9 Å². The molecule has 1 amide bonds. The Bertz CT molecular complexity index is 474. The van der Waals surface area contributed by atoms with Crippen LogP contribution >= 0.6 is 11.6 Å². The minimum atomic E-state index is -0.567. The zero-order valence-corrected chi connectivity index (χ0v) is 11.3. The lowest BCUT2D eigenvalue weighted by Gasteiger charge is -2.33. The van der Waals surface area contributed by atoms with Crippen LogP contribution in [0.1, 0.15) is 24.2 Å². The molecule has 0 fully saturated rings. The molecule has 0 heterocycles. The highest BCUT2D eigenvalue weighted by atomic mass is 35.5. The summed E-state index contributed by atoms with van der Waals surface area (Å²) >= 11 is 5.79. The lowest BCUT2D eigenvalue weighted by atomic mass is 10.0. The summed E-state index contributed by atoms with van der Waals surface area (Å²) in [5.41, 5.74) is -0.689. The number of nitrogens with zero attached hydrogens (tertiary/aromatic N) is 2. The normalized spacial score (nSPS) is 11.1. The number of hydrogen-bond donors (Lipinski definition) is 0. The number of carbonyl (C=O) groups excluding carboxylic acids is 1. The highest BCUT2D eigenvalue weighted by Crippen LogP contribution is 2.23. The van der Waals surface area contributed by atoms with Crippen molar-refractivity contribution in [1.82, 2.24) is 4.90 Å². The van der Waals surface area contributed by atoms with Gasteiger partial charge in [0.2, 0.25) is 0 Å². The number of nitro groups is 1. The smallest absolute Gasteiger partial charge is 0.282 e. The topological polar surface area (TPSA) is 63.5 Å². The molecule has 18 heavy (non-hydrogen) atoms. The summed E-state index contributed by atoms with van der Waals surface area (Å²) in [7, 11) is 1.58. The van der Waals surface area contributed by atoms with Crippen LogP contribution in [0.25, 0.3) is 0 Å². The van der Waals surface area contributed by atoms with Crippen molar-refractivity contribution in [1.29, 1.82) is 0 Å². The van der Waals surface area contributed by atoms with E-state index in [1.807, 2.05) is 0 Å². The van der Waals surface area contributed by atoms with Gasteiger partial charge in [-0.1, -0.05) is 12.1 Å². The first-order valence-corrected chi connectivity index (χ1v) is 5.92. The van der Waals surface area contributed by atoms with Gasteiger partial charge in [-0.3, -0.25) is 14.9 Å². The number of halogens is 1. The molecule has 0 saturated carbocycles. The lowest BCUT2D eigenvalue weighted by Crippen LogP contribution is -2.46. The second-order valence-electron chi connectivity index (χ2n) is 4.58. The van der Waals surface area contributed by atoms with Crippen molar-refractivity contribution in [3.63, 3.8) is 0 Å². The first kappa shape index (κ1) is 14.4. The molecular weight excluding hydrogens is 256 g/mol. The maximum absolute atomic E-state index is 12.2. The van der Waals surface area contributed by atoms with E-state index in [1.165, 1.54) is 23.1 Å². The van der Waals surface area contributed by atoms with Crippen LogP contribution in [-0.4, -0.2) is 34.2 Å². The van der Waals surface area contributed by atoms with Gasteiger partial charge in [-0.25, -0.2) is 0 Å². The summed E-state index contributed by atoms with van der Waals surface area (Å²) < 4.78 is 0. The van der Waals surface area contributed by atoms with Crippen molar-refractivity contribution in [3.8, 4) is 0 Å². The number of rotatable bonds is 4. The van der Waals surface area contributed by atoms with Gasteiger partial charge in [0.15, 0.2) is 0 Å². The second-order valence-corrected chi connectivity index (χ2v) is 4.85. The summed E-state index contributed by atoms with van der Waals surface area (Å²) in [6, 6.07) is 5.89. The predicted octanol–water partition coefficient (Wildman–Crippen LogP) is 2.68. The van der Waals surface area contributed by atoms with Gasteiger partial charge in [-0.15, -0.1) is 11.6 Å². The van der Waals surface area contributed by atoms with Gasteiger partial charge < -0.3 is 4.90 Å². The fraction of sp³-hybridized carbons (Fsp3) is 0.417. The Kier molecular flexibility index (Phi) is 4.29. The van der Waals surface area contributed by atoms with Crippen LogP contribution in [-0.2, 0) is 0 Å². The predicted molar refractivity (Wildman–Crippen MR) is 70.0 cm³/mol. The van der Waals surface area contributed by atoms with Gasteiger partial charge >= 0.3 is 0 Å². The summed E-state index contributed by atoms with van der Waals surface area (Å²) in [5.74, 6) is -0.163. The number of nitro benzene ring substituents is 1. The summed E-state index contributed by atoms with van der Waals surface area (Å²) in [6.45, 7) is 3.60. The first-order chi connectivity index (χ1) is 8.31. The first-order valence-electron chi connectivity index (χ1n) is 5.39. The molecule has 0 N–H and O–H groups in total. The summed E-state index contributed by atoms with van der Waals surface area (Å²) in [6.07, 6.45) is 0. The van der Waals surface area contributed by atoms with E-state index in [2.05, 4.69) is 0 Å². The standard InChI is InChI=1S/C12H15ClN2O3/c1-12(2,8-13)14(3)11(16)9-6-4-5-7-10(9)15(17)18/h4-7H,8H2,1-3H3. The molecule has 0 radical (unpaired) electrons. The minimum absolute atomic E-state index is 0.0724. The molecule has 0 saturated heterocycles. The number of benzene rings is 1. The third-order valence-electron chi connectivity index (χ3n) is 2.87. The Morgan fingerprint density at radius 3 is 2.50 bits per heavy atom. The van der Waals surface area contributed by atoms with Gasteiger partial charge in [0.25, 0.3) is 11.6 Å². The molecule has 0 aliphatic carbocycles. The van der Waals surface area contributed by atoms with Gasteiger partial charge in [0, 0.05) is 19.0 Å². The van der Waals surface area contributed by atoms with Crippen LogP contribution in [0.3, 0.4) is 0 Å². The van der Waals surface area contributed by atoms with Crippen molar-refractivity contribution in [3.05, 3.63) is 39.9 Å². The average Bonchev–Trinajstić information content (AvgIpc) is 2.36. The summed E-state index contributed by atoms with van der Waals surface area (Å²) in [4.78, 5) is 24.0. The van der Waals surface area contributed by atoms with Crippen LogP contribution in [0.2, 0.25) is 0 Å². The van der Waals surface area contributed by atoms with Crippen LogP contribution in [0.5, 0.6) is 0 Å². The monoisotopic (exact) mass is 270 g/mol. The Morgan fingerprint density at radius 2 is 2.00 bits per heavy atom. The molecule has 1 aromatic carbocycles. The fourth-order valence-corrected chi connectivity index (χ4v) is 1.54. The van der Waals surface area contributed by atoms with Crippen LogP contribution in [0, 0.1) is 10.1 Å². The Balaban J connectivity index is 3.16. The molecule has 6 heteroatoms. The Hall–Kier alpha value is -1.62. The van der Waals surface area contributed by atoms with Crippen LogP contribution in [0.15, 0.2) is 24.3 Å². The highest BCUT2D eigenvalue weighted by molar-refractivity contribution is 6.18. The number of hydrogen-bond acceptors (Lipinski definition) is 3. The Labute approximate surface area is 110 Å². The molecule has 0 atom stereocenters. The molecule has 1 rings (SSSR count). The molecular formula is C12H15ClN2O3. The van der Waals surface area contributed by atoms with Crippen molar-refractivity contribution in [2.75, 3.05) is 12.9 Å². The van der Waals surface area contributed by atoms with Crippen molar-refractivity contribution in [2.45, 2.75) is 19.4 Å². The van der Waals surface area contributed by atoms with Crippen molar-refractivity contribution in [2.24, 2.45) is 0 Å². The number of para-hydroxylation sites is 1. The van der Waals surface area contributed by atoms with Gasteiger partial charge in [-0.2, -0.15) is 0 Å². The Morgan fingerprint density at radius 1 is 1.44 bits per heavy atom. The van der Waals surface area contributed by atoms with E-state index in [0.717, 1.165) is 0 Å². The van der Waals surface area contributed by atoms with Crippen molar-refractivity contribution < 1.29 is 9.72 Å². The molecule has 0 unspecified atom stereocenters. The molecule has 0 aliphatic heterocycles. The van der Waals surface area contributed by atoms with E-state index in [4.69, 9.17) is 11.6 Å². The second kappa shape index (κ2) is 5.35. The average molecular weight is 271 g/mol. The van der Waals surface area contributed by atoms with E-state index in [-0.39, 0.29) is 17.1 Å². The molecule has 0 spiro atoms. The maximum Gasteiger partial charge on any atom is 0.282 e. The number of alkyl halides is 1. The summed E-state index contributed by atoms with van der Waals surface area (Å²) in [5, 5.41) is 10.9. The quantitative estimate of drug-likeness (QED) is 0.480. The third kappa shape index (κ3) is 2.79. The highest BCUT2D eigenvalue weighted by Gasteiger charge is 2.30. The number of carbonyl (C=O) groups is 1. The fourth-order valence-electron chi connectivity index (χ4n) is 1.36. The minimum Gasteiger partial charge on any atom is -0.335 e. The molecule has 98 valence electrons. The van der Waals surface area contributed by atoms with E-state index >= 15 is 0 Å². The largest absolute Gasteiger partial charge is 0.335 e. The lowest BCUT2D eigenvalue weighted by molar-refractivity contribution is -0.385. The van der Waals surface area contributed by atoms with E-state index < -0.39 is 16.4 Å². The zero-order valence-electron chi connectivity index (χ0n) is 10.5. The molecule has 0 aromatic heterocycles. The van der Waals surface area contributed by atoms with E-state index in [1.54, 1.807) is 27.0 Å². The van der Waals surface area contributed by atoms with Crippen LogP contribution < -0.4 is 0 Å². The van der Waals surface area contributed by atoms with E-state index in [0.29, 0.717) is 0 Å². The molecule has 0 aliphatic rings. The molecule has 5 nitrogen and oxygen atoms in total. The maximum atomic E-state index is 12.2. The van der Waals surface area contributed by atoms with Crippen molar-refractivity contribution >= 4 is 23.2 Å². The molecule has 0 bridgehead atoms. The SMILES string of the molecule is CN(C(=O)c1ccccc1[N+](=O)[O-])C(C)(C)CCl. The molecule has 1 aromatic rings. The number of amides is 1. The van der Waals surface area contributed by atoms with E-state index in [9.17, 15) is 14.9 Å². The van der Waals surface area contributed by atoms with Gasteiger partial charge in [0.1, 0.15) is 5.56 Å². The van der Waals surface area contributed by atoms with Gasteiger partial charge in [0.05, 0.1) is 10.5 Å². The third-order valence-corrected chi connectivity index (χ3v) is 3.52.